The average molecular weight is 687 g/mol. The fraction of sp³-hybridized carbons (Fsp3) is 0.629. The third-order valence-corrected chi connectivity index (χ3v) is 18.6. The molecule has 1 N–H and O–H groups in total. The highest BCUT2D eigenvalue weighted by Gasteiger charge is 2.60. The Morgan fingerprint density at radius 3 is 2.53 bits per heavy atom. The first-order valence-electron chi connectivity index (χ1n) is 16.4. The summed E-state index contributed by atoms with van der Waals surface area (Å²) >= 11 is 5.85. The number of hydrogen-bond acceptors (Lipinski definition) is 6. The van der Waals surface area contributed by atoms with Crippen LogP contribution >= 0.6 is 27.7 Å². The van der Waals surface area contributed by atoms with Crippen molar-refractivity contribution < 1.29 is 18.7 Å². The molecule has 8 heteroatoms. The Morgan fingerprint density at radius 1 is 1.12 bits per heavy atom. The van der Waals surface area contributed by atoms with Gasteiger partial charge in [-0.1, -0.05) is 65.0 Å². The first-order chi connectivity index (χ1) is 20.7. The summed E-state index contributed by atoms with van der Waals surface area (Å²) in [5.74, 6) is 3.61. The fourth-order valence-corrected chi connectivity index (χ4v) is 14.5. The highest BCUT2D eigenvalue weighted by atomic mass is 79.9. The number of Topliss-reactive ketones (excluding diaryl/α,β-unsaturated/α-hetero) is 1. The molecule has 2 aromatic rings. The third kappa shape index (κ3) is 6.00. The summed E-state index contributed by atoms with van der Waals surface area (Å²) in [5.41, 5.74) is 4.66. The van der Waals surface area contributed by atoms with Gasteiger partial charge in [-0.2, -0.15) is 11.8 Å². The van der Waals surface area contributed by atoms with Gasteiger partial charge < -0.3 is 19.2 Å². The molecule has 43 heavy (non-hydrogen) atoms. The maximum absolute atomic E-state index is 13.3. The van der Waals surface area contributed by atoms with E-state index in [1.54, 1.807) is 0 Å². The van der Waals surface area contributed by atoms with Crippen molar-refractivity contribution in [1.82, 2.24) is 5.32 Å². The van der Waals surface area contributed by atoms with Gasteiger partial charge in [-0.3, -0.25) is 4.79 Å². The molecular formula is C35H48BrNO4SSi. The summed E-state index contributed by atoms with van der Waals surface area (Å²) in [5, 5.41) is 4.06. The highest BCUT2D eigenvalue weighted by molar-refractivity contribution is 9.10. The average Bonchev–Trinajstić information content (AvgIpc) is 3.78. The highest BCUT2D eigenvalue weighted by Crippen LogP contribution is 2.61. The van der Waals surface area contributed by atoms with Gasteiger partial charge >= 0.3 is 0 Å². The molecule has 2 aromatic carbocycles. The van der Waals surface area contributed by atoms with Crippen LogP contribution in [0.15, 0.2) is 40.9 Å². The van der Waals surface area contributed by atoms with Gasteiger partial charge in [-0.25, -0.2) is 0 Å². The van der Waals surface area contributed by atoms with Crippen molar-refractivity contribution in [3.05, 3.63) is 57.6 Å². The Balaban J connectivity index is 1.38. The van der Waals surface area contributed by atoms with Crippen LogP contribution < -0.4 is 14.8 Å². The van der Waals surface area contributed by atoms with Crippen LogP contribution in [0.1, 0.15) is 83.4 Å². The first-order valence-corrected chi connectivity index (χ1v) is 20.5. The molecule has 1 spiro atoms. The van der Waals surface area contributed by atoms with E-state index in [1.807, 2.05) is 11.8 Å². The molecule has 2 aliphatic heterocycles. The number of nitrogens with one attached hydrogen (secondary N) is 1. The molecular weight excluding hydrogens is 638 g/mol. The Bertz CT molecular complexity index is 1310. The number of rotatable bonds is 12. The number of carbonyl (C=O) groups excluding carboxylic acids is 1. The standard InChI is InChI=1S/C35H48BrNO4SSi/c1-6-43(22(2)3,23(4)5)40-20-27-17-35-30(15-28(38)16-31(35)42-21-25-10-8-7-9-11-25)41-34-32(35)26(18-37-27)14-29(33(34)36)39-19-24-12-13-24/h7-11,14,22-24,27,30-31,37H,6,12-13,15-21H2,1-5H3/t27-,30+,31+,35+/m0/s1. The molecule has 0 bridgehead atoms. The van der Waals surface area contributed by atoms with E-state index in [4.69, 9.17) is 13.9 Å². The largest absolute Gasteiger partial charge is 0.492 e. The number of ketones is 1. The fourth-order valence-electron chi connectivity index (χ4n) is 8.07. The number of thioether (sulfide) groups is 1. The molecule has 0 amide bonds. The van der Waals surface area contributed by atoms with Crippen LogP contribution in [0.2, 0.25) is 17.1 Å². The molecule has 0 saturated heterocycles. The molecule has 0 unspecified atom stereocenters. The minimum Gasteiger partial charge on any atom is -0.492 e. The second-order valence-electron chi connectivity index (χ2n) is 13.9. The lowest BCUT2D eigenvalue weighted by atomic mass is 9.64. The van der Waals surface area contributed by atoms with E-state index < -0.39 is 8.32 Å². The third-order valence-electron chi connectivity index (χ3n) is 10.7. The number of hydrogen-bond donors (Lipinski definition) is 1. The van der Waals surface area contributed by atoms with E-state index in [9.17, 15) is 4.79 Å². The Hall–Kier alpha value is -1.32. The van der Waals surface area contributed by atoms with Gasteiger partial charge in [0.1, 0.15) is 27.9 Å². The summed E-state index contributed by atoms with van der Waals surface area (Å²) in [4.78, 5) is 13.3. The molecule has 2 aliphatic carbocycles. The van der Waals surface area contributed by atoms with E-state index >= 15 is 0 Å². The zero-order chi connectivity index (χ0) is 30.4. The van der Waals surface area contributed by atoms with Gasteiger partial charge in [0.15, 0.2) is 8.32 Å². The molecule has 2 fully saturated rings. The summed E-state index contributed by atoms with van der Waals surface area (Å²) in [6, 6.07) is 14.2. The topological polar surface area (TPSA) is 56.8 Å². The van der Waals surface area contributed by atoms with Gasteiger partial charge in [-0.15, -0.1) is 0 Å². The number of benzene rings is 2. The molecule has 6 rings (SSSR count). The predicted octanol–water partition coefficient (Wildman–Crippen LogP) is 8.57. The second-order valence-corrected chi connectivity index (χ2v) is 21.1. The summed E-state index contributed by atoms with van der Waals surface area (Å²) in [6.07, 6.45) is 4.25. The van der Waals surface area contributed by atoms with Crippen molar-refractivity contribution in [1.29, 1.82) is 0 Å². The van der Waals surface area contributed by atoms with Crippen LogP contribution in [0.3, 0.4) is 0 Å². The van der Waals surface area contributed by atoms with Gasteiger partial charge in [0, 0.05) is 48.6 Å². The van der Waals surface area contributed by atoms with E-state index in [1.165, 1.54) is 29.5 Å². The van der Waals surface area contributed by atoms with Gasteiger partial charge in [-0.05, 0) is 75.4 Å². The predicted molar refractivity (Wildman–Crippen MR) is 182 cm³/mol. The summed E-state index contributed by atoms with van der Waals surface area (Å²) in [6.45, 7) is 13.9. The SMILES string of the molecule is CC[Si](OC[C@@H]1C[C@@]23c4c(cc(OCC5CC5)c(Br)c4O[C@@H]2CC(=O)C[C@H]3SCc2ccccc2)CN1)(C(C)C)C(C)C. The van der Waals surface area contributed by atoms with Gasteiger partial charge in [0.25, 0.3) is 0 Å². The summed E-state index contributed by atoms with van der Waals surface area (Å²) in [7, 11) is -1.95. The van der Waals surface area contributed by atoms with Crippen molar-refractivity contribution in [2.24, 2.45) is 5.92 Å². The lowest BCUT2D eigenvalue weighted by molar-refractivity contribution is -0.124. The number of halogens is 1. The second kappa shape index (κ2) is 12.8. The number of carbonyl (C=O) groups is 1. The zero-order valence-corrected chi connectivity index (χ0v) is 29.8. The van der Waals surface area contributed by atoms with Crippen molar-refractivity contribution >= 4 is 41.8 Å². The maximum atomic E-state index is 13.3. The summed E-state index contributed by atoms with van der Waals surface area (Å²) < 4.78 is 21.3. The van der Waals surface area contributed by atoms with Crippen LogP contribution in [-0.4, -0.2) is 44.7 Å². The lowest BCUT2D eigenvalue weighted by Gasteiger charge is -2.46. The minimum atomic E-state index is -1.95. The van der Waals surface area contributed by atoms with E-state index in [-0.39, 0.29) is 22.8 Å². The van der Waals surface area contributed by atoms with Crippen molar-refractivity contribution in [3.8, 4) is 11.5 Å². The Labute approximate surface area is 271 Å². The maximum Gasteiger partial charge on any atom is 0.197 e. The molecule has 2 saturated carbocycles. The lowest BCUT2D eigenvalue weighted by Crippen LogP contribution is -2.55. The minimum absolute atomic E-state index is 0.120. The monoisotopic (exact) mass is 685 g/mol. The zero-order valence-electron chi connectivity index (χ0n) is 26.4. The first kappa shape index (κ1) is 31.7. The Kier molecular flexibility index (Phi) is 9.44. The molecule has 4 aliphatic rings. The molecule has 234 valence electrons. The van der Waals surface area contributed by atoms with E-state index in [0.717, 1.165) is 47.3 Å². The van der Waals surface area contributed by atoms with Gasteiger partial charge in [0.2, 0.25) is 0 Å². The van der Waals surface area contributed by atoms with E-state index in [0.29, 0.717) is 42.2 Å². The van der Waals surface area contributed by atoms with Crippen LogP contribution in [-0.2, 0) is 26.9 Å². The van der Waals surface area contributed by atoms with Crippen molar-refractivity contribution in [3.63, 3.8) is 0 Å². The molecule has 5 nitrogen and oxygen atoms in total. The quantitative estimate of drug-likeness (QED) is 0.226. The van der Waals surface area contributed by atoms with Crippen LogP contribution in [0, 0.1) is 5.92 Å². The smallest absolute Gasteiger partial charge is 0.197 e. The molecule has 0 radical (unpaired) electrons. The molecule has 2 heterocycles. The van der Waals surface area contributed by atoms with Crippen molar-refractivity contribution in [2.45, 2.75) is 119 Å². The van der Waals surface area contributed by atoms with Crippen molar-refractivity contribution in [2.75, 3.05) is 13.2 Å². The molecule has 0 aromatic heterocycles. The normalized spacial score (nSPS) is 26.7. The molecule has 4 atom stereocenters. The van der Waals surface area contributed by atoms with Crippen LogP contribution in [0.5, 0.6) is 11.5 Å². The Morgan fingerprint density at radius 2 is 1.86 bits per heavy atom. The number of ether oxygens (including phenoxy) is 2. The van der Waals surface area contributed by atoms with Gasteiger partial charge in [0.05, 0.1) is 12.0 Å². The van der Waals surface area contributed by atoms with Crippen LogP contribution in [0.4, 0.5) is 0 Å². The van der Waals surface area contributed by atoms with E-state index in [2.05, 4.69) is 92.3 Å². The van der Waals surface area contributed by atoms with Crippen LogP contribution in [0.25, 0.3) is 0 Å².